The maximum absolute atomic E-state index is 13.5. The second-order valence-electron chi connectivity index (χ2n) is 8.49. The minimum absolute atomic E-state index is 0.0990. The largest absolute Gasteiger partial charge is 0.497 e. The van der Waals surface area contributed by atoms with E-state index >= 15 is 0 Å². The summed E-state index contributed by atoms with van der Waals surface area (Å²) in [7, 11) is 1.64. The molecule has 1 heterocycles. The molecule has 1 amide bonds. The van der Waals surface area contributed by atoms with Gasteiger partial charge in [-0.25, -0.2) is 4.98 Å². The quantitative estimate of drug-likeness (QED) is 0.284. The highest BCUT2D eigenvalue weighted by Crippen LogP contribution is 2.26. The number of ether oxygens (including phenoxy) is 1. The summed E-state index contributed by atoms with van der Waals surface area (Å²) in [5.74, 6) is 0.707. The Bertz CT molecular complexity index is 1410. The fourth-order valence-electron chi connectivity index (χ4n) is 3.94. The second kappa shape index (κ2) is 10.8. The Balaban J connectivity index is 1.56. The Morgan fingerprint density at radius 3 is 2.54 bits per heavy atom. The van der Waals surface area contributed by atoms with Crippen LogP contribution in [0.3, 0.4) is 0 Å². The molecule has 0 aliphatic rings. The van der Waals surface area contributed by atoms with Gasteiger partial charge in [0.2, 0.25) is 5.91 Å². The molecule has 1 aromatic heterocycles. The smallest absolute Gasteiger partial charge is 0.266 e. The van der Waals surface area contributed by atoms with Crippen LogP contribution in [-0.2, 0) is 11.2 Å². The monoisotopic (exact) mass is 487 g/mol. The zero-order valence-corrected chi connectivity index (χ0v) is 21.2. The van der Waals surface area contributed by atoms with Crippen molar-refractivity contribution in [2.24, 2.45) is 0 Å². The van der Waals surface area contributed by atoms with Gasteiger partial charge < -0.3 is 10.1 Å². The van der Waals surface area contributed by atoms with Crippen LogP contribution in [0.15, 0.2) is 76.7 Å². The van der Waals surface area contributed by atoms with Crippen molar-refractivity contribution in [3.05, 3.63) is 93.8 Å². The van der Waals surface area contributed by atoms with Gasteiger partial charge in [-0.15, -0.1) is 0 Å². The minimum atomic E-state index is -0.434. The van der Waals surface area contributed by atoms with E-state index in [1.54, 1.807) is 17.7 Å². The molecule has 7 heteroatoms. The number of hydrogen-bond acceptors (Lipinski definition) is 5. The molecule has 1 atom stereocenters. The summed E-state index contributed by atoms with van der Waals surface area (Å²) in [6.07, 6.45) is 0.717. The number of aryl methyl sites for hydroxylation is 2. The summed E-state index contributed by atoms with van der Waals surface area (Å²) in [5, 5.41) is 3.62. The lowest BCUT2D eigenvalue weighted by Crippen LogP contribution is -2.33. The van der Waals surface area contributed by atoms with E-state index < -0.39 is 5.25 Å². The van der Waals surface area contributed by atoms with Gasteiger partial charge in [0.15, 0.2) is 5.16 Å². The van der Waals surface area contributed by atoms with Crippen molar-refractivity contribution in [3.63, 3.8) is 0 Å². The van der Waals surface area contributed by atoms with Crippen LogP contribution in [-0.4, -0.2) is 34.4 Å². The van der Waals surface area contributed by atoms with Gasteiger partial charge in [0.05, 0.1) is 29.0 Å². The molecule has 0 fully saturated rings. The summed E-state index contributed by atoms with van der Waals surface area (Å²) in [6, 6.07) is 21.1. The fraction of sp³-hybridized carbons (Fsp3) is 0.250. The Kier molecular flexibility index (Phi) is 7.56. The molecule has 1 unspecified atom stereocenters. The van der Waals surface area contributed by atoms with Crippen molar-refractivity contribution in [2.45, 2.75) is 37.6 Å². The molecule has 4 rings (SSSR count). The van der Waals surface area contributed by atoms with Gasteiger partial charge in [0.25, 0.3) is 5.56 Å². The van der Waals surface area contributed by atoms with E-state index in [-0.39, 0.29) is 11.5 Å². The van der Waals surface area contributed by atoms with Crippen LogP contribution >= 0.6 is 11.8 Å². The van der Waals surface area contributed by atoms with Gasteiger partial charge in [-0.2, -0.15) is 0 Å². The fourth-order valence-corrected chi connectivity index (χ4v) is 4.88. The first-order chi connectivity index (χ1) is 16.9. The number of para-hydroxylation sites is 1. The lowest BCUT2D eigenvalue weighted by molar-refractivity contribution is -0.120. The van der Waals surface area contributed by atoms with E-state index in [2.05, 4.69) is 5.32 Å². The number of methoxy groups -OCH3 is 1. The molecule has 0 aliphatic heterocycles. The third-order valence-electron chi connectivity index (χ3n) is 5.86. The van der Waals surface area contributed by atoms with E-state index in [0.29, 0.717) is 29.0 Å². The lowest BCUT2D eigenvalue weighted by Gasteiger charge is -2.18. The van der Waals surface area contributed by atoms with E-state index in [1.807, 2.05) is 81.4 Å². The molecule has 0 saturated carbocycles. The average molecular weight is 488 g/mol. The summed E-state index contributed by atoms with van der Waals surface area (Å²) in [5.41, 5.74) is 4.46. The van der Waals surface area contributed by atoms with Gasteiger partial charge in [0.1, 0.15) is 5.75 Å². The average Bonchev–Trinajstić information content (AvgIpc) is 2.85. The number of benzene rings is 3. The highest BCUT2D eigenvalue weighted by atomic mass is 32.2. The molecule has 1 N–H and O–H groups in total. The van der Waals surface area contributed by atoms with E-state index in [9.17, 15) is 9.59 Å². The topological polar surface area (TPSA) is 73.2 Å². The van der Waals surface area contributed by atoms with Gasteiger partial charge >= 0.3 is 0 Å². The van der Waals surface area contributed by atoms with Crippen molar-refractivity contribution in [1.29, 1.82) is 0 Å². The van der Waals surface area contributed by atoms with Crippen LogP contribution in [0.1, 0.15) is 23.6 Å². The standard InChI is InChI=1S/C28H29N3O3S/c1-18-9-14-25(19(2)17-18)31-27(33)23-7-5-6-8-24(23)30-28(31)35-20(3)26(32)29-16-15-21-10-12-22(34-4)13-11-21/h5-14,17,20H,15-16H2,1-4H3,(H,29,32). The number of hydrogen-bond donors (Lipinski definition) is 1. The molecule has 0 saturated heterocycles. The van der Waals surface area contributed by atoms with Crippen molar-refractivity contribution in [2.75, 3.05) is 13.7 Å². The first-order valence-electron chi connectivity index (χ1n) is 11.5. The maximum Gasteiger partial charge on any atom is 0.266 e. The second-order valence-corrected chi connectivity index (χ2v) is 9.80. The van der Waals surface area contributed by atoms with Gasteiger partial charge in [0, 0.05) is 6.54 Å². The summed E-state index contributed by atoms with van der Waals surface area (Å²) in [6.45, 7) is 6.35. The third kappa shape index (κ3) is 5.57. The van der Waals surface area contributed by atoms with Crippen molar-refractivity contribution < 1.29 is 9.53 Å². The number of amides is 1. The predicted molar refractivity (Wildman–Crippen MR) is 142 cm³/mol. The van der Waals surface area contributed by atoms with Crippen molar-refractivity contribution in [1.82, 2.24) is 14.9 Å². The number of aromatic nitrogens is 2. The number of carbonyl (C=O) groups excluding carboxylic acids is 1. The van der Waals surface area contributed by atoms with Crippen molar-refractivity contribution in [3.8, 4) is 11.4 Å². The Labute approximate surface area is 209 Å². The number of nitrogens with zero attached hydrogens (tertiary/aromatic N) is 2. The molecule has 0 spiro atoms. The third-order valence-corrected chi connectivity index (χ3v) is 6.91. The zero-order valence-electron chi connectivity index (χ0n) is 20.4. The lowest BCUT2D eigenvalue weighted by atomic mass is 10.1. The normalized spacial score (nSPS) is 11.9. The number of fused-ring (bicyclic) bond motifs is 1. The number of thioether (sulfide) groups is 1. The molecule has 180 valence electrons. The van der Waals surface area contributed by atoms with Crippen LogP contribution in [0.25, 0.3) is 16.6 Å². The minimum Gasteiger partial charge on any atom is -0.497 e. The van der Waals surface area contributed by atoms with E-state index in [1.165, 1.54) is 11.8 Å². The first kappa shape index (κ1) is 24.5. The molecule has 6 nitrogen and oxygen atoms in total. The Hall–Kier alpha value is -3.58. The molecule has 0 bridgehead atoms. The first-order valence-corrected chi connectivity index (χ1v) is 12.4. The van der Waals surface area contributed by atoms with Crippen LogP contribution in [0, 0.1) is 13.8 Å². The van der Waals surface area contributed by atoms with Gasteiger partial charge in [-0.3, -0.25) is 14.2 Å². The summed E-state index contributed by atoms with van der Waals surface area (Å²) in [4.78, 5) is 31.2. The predicted octanol–water partition coefficient (Wildman–Crippen LogP) is 4.85. The number of rotatable bonds is 8. The summed E-state index contributed by atoms with van der Waals surface area (Å²) >= 11 is 1.29. The van der Waals surface area contributed by atoms with E-state index in [0.717, 1.165) is 28.1 Å². The van der Waals surface area contributed by atoms with Gasteiger partial charge in [-0.05, 0) is 68.7 Å². The molecular weight excluding hydrogens is 458 g/mol. The van der Waals surface area contributed by atoms with Crippen molar-refractivity contribution >= 4 is 28.6 Å². The molecular formula is C28H29N3O3S. The Morgan fingerprint density at radius 2 is 1.83 bits per heavy atom. The maximum atomic E-state index is 13.5. The SMILES string of the molecule is COc1ccc(CCNC(=O)C(C)Sc2nc3ccccc3c(=O)n2-c2ccc(C)cc2C)cc1. The molecule has 35 heavy (non-hydrogen) atoms. The van der Waals surface area contributed by atoms with Crippen LogP contribution in [0.5, 0.6) is 5.75 Å². The highest BCUT2D eigenvalue weighted by Gasteiger charge is 2.21. The van der Waals surface area contributed by atoms with Crippen LogP contribution in [0.4, 0.5) is 0 Å². The number of carbonyl (C=O) groups is 1. The molecule has 0 radical (unpaired) electrons. The molecule has 4 aromatic rings. The number of nitrogens with one attached hydrogen (secondary N) is 1. The molecule has 0 aliphatic carbocycles. The Morgan fingerprint density at radius 1 is 1.09 bits per heavy atom. The zero-order chi connectivity index (χ0) is 24.9. The van der Waals surface area contributed by atoms with E-state index in [4.69, 9.17) is 9.72 Å². The van der Waals surface area contributed by atoms with Crippen LogP contribution < -0.4 is 15.6 Å². The van der Waals surface area contributed by atoms with Gasteiger partial charge in [-0.1, -0.05) is 53.7 Å². The molecule has 3 aromatic carbocycles. The highest BCUT2D eigenvalue weighted by molar-refractivity contribution is 8.00. The van der Waals surface area contributed by atoms with Crippen LogP contribution in [0.2, 0.25) is 0 Å². The summed E-state index contributed by atoms with van der Waals surface area (Å²) < 4.78 is 6.82.